The van der Waals surface area contributed by atoms with Crippen molar-refractivity contribution in [1.29, 1.82) is 0 Å². The average Bonchev–Trinajstić information content (AvgIpc) is 2.81. The summed E-state index contributed by atoms with van der Waals surface area (Å²) in [6, 6.07) is 2.77. The Kier molecular flexibility index (Phi) is 3.18. The third-order valence-electron chi connectivity index (χ3n) is 4.67. The largest absolute Gasteiger partial charge is 0.322 e. The van der Waals surface area contributed by atoms with E-state index in [9.17, 15) is 14.4 Å². The summed E-state index contributed by atoms with van der Waals surface area (Å²) < 4.78 is 1.64. The van der Waals surface area contributed by atoms with Crippen molar-refractivity contribution in [2.75, 3.05) is 0 Å². The van der Waals surface area contributed by atoms with Crippen molar-refractivity contribution >= 4 is 34.6 Å². The van der Waals surface area contributed by atoms with E-state index in [4.69, 9.17) is 11.6 Å². The zero-order valence-corrected chi connectivity index (χ0v) is 13.7. The molecule has 2 aromatic rings. The number of nitrogens with zero attached hydrogens (tertiary/aromatic N) is 2. The molecule has 3 heterocycles. The lowest BCUT2D eigenvalue weighted by Gasteiger charge is -2.33. The summed E-state index contributed by atoms with van der Waals surface area (Å²) in [6.45, 7) is 2.31. The smallest absolute Gasteiger partial charge is 0.319 e. The molecule has 0 aliphatic carbocycles. The first-order valence-corrected chi connectivity index (χ1v) is 8.21. The molecule has 124 valence electrons. The zero-order valence-electron chi connectivity index (χ0n) is 13.0. The molecule has 4 rings (SSSR count). The number of fused-ring (bicyclic) bond motifs is 1. The summed E-state index contributed by atoms with van der Waals surface area (Å²) in [5, 5.41) is 5.39. The number of carbonyl (C=O) groups excluding carboxylic acids is 2. The van der Waals surface area contributed by atoms with Crippen molar-refractivity contribution in [2.45, 2.75) is 38.3 Å². The van der Waals surface area contributed by atoms with E-state index in [1.165, 1.54) is 0 Å². The van der Waals surface area contributed by atoms with Crippen molar-refractivity contribution in [3.63, 3.8) is 0 Å². The molecule has 1 fully saturated rings. The highest BCUT2D eigenvalue weighted by molar-refractivity contribution is 6.31. The van der Waals surface area contributed by atoms with Crippen LogP contribution in [-0.4, -0.2) is 21.5 Å². The van der Waals surface area contributed by atoms with Gasteiger partial charge in [-0.2, -0.15) is 0 Å². The first-order chi connectivity index (χ1) is 11.5. The van der Waals surface area contributed by atoms with Gasteiger partial charge in [0.15, 0.2) is 0 Å². The third-order valence-corrected chi connectivity index (χ3v) is 4.89. The predicted molar refractivity (Wildman–Crippen MR) is 88.0 cm³/mol. The summed E-state index contributed by atoms with van der Waals surface area (Å²) in [6.07, 6.45) is 1.69. The number of urea groups is 1. The van der Waals surface area contributed by atoms with Crippen LogP contribution in [0.15, 0.2) is 16.9 Å². The minimum absolute atomic E-state index is 0.146. The second-order valence-corrected chi connectivity index (χ2v) is 6.59. The molecule has 0 bridgehead atoms. The van der Waals surface area contributed by atoms with E-state index in [0.29, 0.717) is 46.7 Å². The number of imide groups is 1. The van der Waals surface area contributed by atoms with Crippen LogP contribution in [0.4, 0.5) is 4.79 Å². The molecule has 1 aromatic heterocycles. The first-order valence-electron chi connectivity index (χ1n) is 7.83. The number of halogens is 1. The maximum absolute atomic E-state index is 12.7. The molecule has 0 radical (unpaired) electrons. The second-order valence-electron chi connectivity index (χ2n) is 6.15. The molecule has 2 aliphatic heterocycles. The fourth-order valence-electron chi connectivity index (χ4n) is 3.61. The van der Waals surface area contributed by atoms with E-state index in [2.05, 4.69) is 15.6 Å². The van der Waals surface area contributed by atoms with Crippen LogP contribution in [-0.2, 0) is 23.3 Å². The lowest BCUT2D eigenvalue weighted by atomic mass is 9.83. The van der Waals surface area contributed by atoms with Gasteiger partial charge < -0.3 is 9.88 Å². The lowest BCUT2D eigenvalue weighted by molar-refractivity contribution is -0.124. The summed E-state index contributed by atoms with van der Waals surface area (Å²) >= 11 is 6.22. The van der Waals surface area contributed by atoms with Crippen LogP contribution in [0.5, 0.6) is 0 Å². The van der Waals surface area contributed by atoms with Crippen molar-refractivity contribution in [2.24, 2.45) is 0 Å². The second kappa shape index (κ2) is 5.04. The molecule has 8 heteroatoms. The van der Waals surface area contributed by atoms with Gasteiger partial charge >= 0.3 is 6.03 Å². The van der Waals surface area contributed by atoms with Gasteiger partial charge in [-0.1, -0.05) is 24.9 Å². The van der Waals surface area contributed by atoms with E-state index >= 15 is 0 Å². The molecule has 24 heavy (non-hydrogen) atoms. The number of benzene rings is 1. The highest BCUT2D eigenvalue weighted by Gasteiger charge is 2.50. The number of carbonyl (C=O) groups is 2. The number of rotatable bonds is 2. The van der Waals surface area contributed by atoms with E-state index in [-0.39, 0.29) is 5.56 Å². The van der Waals surface area contributed by atoms with E-state index in [1.54, 1.807) is 16.7 Å². The standard InChI is InChI=1S/C16H15ClN4O3/c1-2-3-10-13(22)21-5-4-16(14(23)19-15(24)20-16)9-6-8(17)7-11(18-10)12(9)21/h6-7H,2-5H2,1H3,(H2,19,20,23,24). The summed E-state index contributed by atoms with van der Waals surface area (Å²) in [5.41, 5.74) is 0.802. The summed E-state index contributed by atoms with van der Waals surface area (Å²) in [4.78, 5) is 41.3. The van der Waals surface area contributed by atoms with E-state index in [1.807, 2.05) is 6.92 Å². The third kappa shape index (κ3) is 1.91. The first kappa shape index (κ1) is 15.1. The molecule has 1 aromatic carbocycles. The number of amides is 3. The van der Waals surface area contributed by atoms with Gasteiger partial charge in [0, 0.05) is 23.6 Å². The molecule has 3 amide bonds. The van der Waals surface area contributed by atoms with Crippen molar-refractivity contribution in [1.82, 2.24) is 20.2 Å². The Morgan fingerprint density at radius 3 is 2.79 bits per heavy atom. The van der Waals surface area contributed by atoms with Crippen LogP contribution in [0.3, 0.4) is 0 Å². The Balaban J connectivity index is 2.08. The highest BCUT2D eigenvalue weighted by Crippen LogP contribution is 2.38. The Morgan fingerprint density at radius 2 is 2.12 bits per heavy atom. The van der Waals surface area contributed by atoms with Crippen molar-refractivity contribution in [3.05, 3.63) is 38.8 Å². The van der Waals surface area contributed by atoms with Gasteiger partial charge in [0.25, 0.3) is 11.5 Å². The summed E-state index contributed by atoms with van der Waals surface area (Å²) in [5.74, 6) is -0.424. The Bertz CT molecular complexity index is 968. The van der Waals surface area contributed by atoms with Crippen LogP contribution in [0.1, 0.15) is 31.0 Å². The molecule has 0 saturated carbocycles. The average molecular weight is 347 g/mol. The van der Waals surface area contributed by atoms with Gasteiger partial charge in [-0.05, 0) is 18.6 Å². The predicted octanol–water partition coefficient (Wildman–Crippen LogP) is 1.44. The highest BCUT2D eigenvalue weighted by atomic mass is 35.5. The molecule has 1 atom stereocenters. The number of nitrogens with one attached hydrogen (secondary N) is 2. The fraction of sp³-hybridized carbons (Fsp3) is 0.375. The molecule has 1 unspecified atom stereocenters. The molecule has 1 saturated heterocycles. The number of hydrogen-bond donors (Lipinski definition) is 2. The monoisotopic (exact) mass is 346 g/mol. The fourth-order valence-corrected chi connectivity index (χ4v) is 3.83. The SMILES string of the molecule is CCCc1nc2cc(Cl)cc3c2n(c1=O)CCC31NC(=O)NC1=O. The van der Waals surface area contributed by atoms with Crippen molar-refractivity contribution in [3.8, 4) is 0 Å². The normalized spacial score (nSPS) is 22.1. The molecule has 1 spiro atoms. The maximum Gasteiger partial charge on any atom is 0.322 e. The van der Waals surface area contributed by atoms with Crippen LogP contribution in [0.25, 0.3) is 11.0 Å². The molecule has 2 N–H and O–H groups in total. The van der Waals surface area contributed by atoms with Crippen LogP contribution < -0.4 is 16.2 Å². The van der Waals surface area contributed by atoms with E-state index < -0.39 is 17.5 Å². The van der Waals surface area contributed by atoms with Gasteiger partial charge in [0.2, 0.25) is 0 Å². The maximum atomic E-state index is 12.7. The van der Waals surface area contributed by atoms with Gasteiger partial charge in [-0.3, -0.25) is 14.9 Å². The van der Waals surface area contributed by atoms with Crippen LogP contribution >= 0.6 is 11.6 Å². The van der Waals surface area contributed by atoms with Gasteiger partial charge in [-0.15, -0.1) is 0 Å². The van der Waals surface area contributed by atoms with Gasteiger partial charge in [0.1, 0.15) is 11.2 Å². The zero-order chi connectivity index (χ0) is 17.1. The van der Waals surface area contributed by atoms with E-state index in [0.717, 1.165) is 6.42 Å². The Hall–Kier alpha value is -2.41. The Morgan fingerprint density at radius 1 is 1.33 bits per heavy atom. The topological polar surface area (TPSA) is 93.1 Å². The number of aryl methyl sites for hydroxylation is 2. The number of hydrogen-bond acceptors (Lipinski definition) is 4. The molecular weight excluding hydrogens is 332 g/mol. The van der Waals surface area contributed by atoms with Crippen molar-refractivity contribution < 1.29 is 9.59 Å². The number of aromatic nitrogens is 2. The molecule has 7 nitrogen and oxygen atoms in total. The van der Waals surface area contributed by atoms with Crippen LogP contribution in [0.2, 0.25) is 5.02 Å². The molecule has 2 aliphatic rings. The quantitative estimate of drug-likeness (QED) is 0.805. The minimum atomic E-state index is -1.19. The summed E-state index contributed by atoms with van der Waals surface area (Å²) in [7, 11) is 0. The Labute approximate surface area is 142 Å². The van der Waals surface area contributed by atoms with Gasteiger partial charge in [-0.25, -0.2) is 9.78 Å². The van der Waals surface area contributed by atoms with Crippen LogP contribution in [0, 0.1) is 0 Å². The lowest BCUT2D eigenvalue weighted by Crippen LogP contribution is -2.48. The molecular formula is C16H15ClN4O3. The van der Waals surface area contributed by atoms with Gasteiger partial charge in [0.05, 0.1) is 11.0 Å². The minimum Gasteiger partial charge on any atom is -0.319 e.